The Hall–Kier alpha value is -2.11. The minimum Gasteiger partial charge on any atom is -0.347 e. The molecule has 0 spiro atoms. The number of fused-ring (bicyclic) bond motifs is 3. The van der Waals surface area contributed by atoms with Crippen molar-refractivity contribution < 1.29 is 8.42 Å². The van der Waals surface area contributed by atoms with E-state index in [1.54, 1.807) is 30.3 Å². The summed E-state index contributed by atoms with van der Waals surface area (Å²) in [6, 6.07) is 14.6. The number of hydrogen-bond acceptors (Lipinski definition) is 3. The second-order valence-corrected chi connectivity index (χ2v) is 8.66. The average molecular weight is 354 g/mol. The lowest BCUT2D eigenvalue weighted by Crippen LogP contribution is -2.31. The van der Waals surface area contributed by atoms with Crippen LogP contribution in [0.2, 0.25) is 0 Å². The third-order valence-corrected chi connectivity index (χ3v) is 7.13. The minimum absolute atomic E-state index is 0.340. The van der Waals surface area contributed by atoms with E-state index in [0.717, 1.165) is 30.2 Å². The molecule has 25 heavy (non-hydrogen) atoms. The quantitative estimate of drug-likeness (QED) is 0.786. The van der Waals surface area contributed by atoms with Crippen LogP contribution in [0.5, 0.6) is 0 Å². The molecule has 1 aromatic heterocycles. The largest absolute Gasteiger partial charge is 0.347 e. The summed E-state index contributed by atoms with van der Waals surface area (Å²) in [6.07, 6.45) is 3.08. The van der Waals surface area contributed by atoms with E-state index in [0.29, 0.717) is 15.8 Å². The van der Waals surface area contributed by atoms with Gasteiger partial charge >= 0.3 is 0 Å². The zero-order valence-electron chi connectivity index (χ0n) is 14.5. The smallest absolute Gasteiger partial charge is 0.206 e. The molecular weight excluding hydrogens is 332 g/mol. The van der Waals surface area contributed by atoms with Crippen LogP contribution in [0, 0.1) is 0 Å². The van der Waals surface area contributed by atoms with E-state index in [1.807, 2.05) is 25.2 Å². The summed E-state index contributed by atoms with van der Waals surface area (Å²) in [5, 5.41) is 4.43. The highest BCUT2D eigenvalue weighted by Gasteiger charge is 2.25. The monoisotopic (exact) mass is 354 g/mol. The molecule has 0 radical (unpaired) electrons. The van der Waals surface area contributed by atoms with E-state index >= 15 is 0 Å². The molecule has 0 aliphatic heterocycles. The lowest BCUT2D eigenvalue weighted by molar-refractivity contribution is 0.488. The van der Waals surface area contributed by atoms with Gasteiger partial charge in [0.05, 0.1) is 9.79 Å². The van der Waals surface area contributed by atoms with Crippen molar-refractivity contribution in [3.63, 3.8) is 0 Å². The van der Waals surface area contributed by atoms with Gasteiger partial charge < -0.3 is 9.88 Å². The molecule has 0 amide bonds. The highest BCUT2D eigenvalue weighted by Crippen LogP contribution is 2.34. The van der Waals surface area contributed by atoms with Gasteiger partial charge in [-0.15, -0.1) is 0 Å². The SMILES string of the molecule is CN[C@H]1CCc2c(c3cc(S(=O)(=O)c4ccccc4)ccc3n2C)C1. The number of aryl methyl sites for hydroxylation is 1. The molecule has 0 saturated carbocycles. The second kappa shape index (κ2) is 6.00. The van der Waals surface area contributed by atoms with E-state index in [-0.39, 0.29) is 0 Å². The number of sulfone groups is 1. The Morgan fingerprint density at radius 2 is 1.84 bits per heavy atom. The summed E-state index contributed by atoms with van der Waals surface area (Å²) in [4.78, 5) is 0.707. The van der Waals surface area contributed by atoms with Crippen molar-refractivity contribution >= 4 is 20.7 Å². The van der Waals surface area contributed by atoms with Crippen LogP contribution in [0.3, 0.4) is 0 Å². The van der Waals surface area contributed by atoms with E-state index in [9.17, 15) is 8.42 Å². The predicted molar refractivity (Wildman–Crippen MR) is 99.7 cm³/mol. The Kier molecular flexibility index (Phi) is 3.93. The zero-order valence-corrected chi connectivity index (χ0v) is 15.3. The predicted octanol–water partition coefficient (Wildman–Crippen LogP) is 3.09. The Morgan fingerprint density at radius 3 is 2.56 bits per heavy atom. The van der Waals surface area contributed by atoms with Gasteiger partial charge in [0.15, 0.2) is 0 Å². The maximum absolute atomic E-state index is 13.0. The number of nitrogens with one attached hydrogen (secondary N) is 1. The molecule has 2 aromatic carbocycles. The van der Waals surface area contributed by atoms with E-state index < -0.39 is 9.84 Å². The summed E-state index contributed by atoms with van der Waals surface area (Å²) in [7, 11) is 0.576. The third kappa shape index (κ3) is 2.58. The fourth-order valence-corrected chi connectivity index (χ4v) is 5.22. The van der Waals surface area contributed by atoms with Crippen LogP contribution in [0.4, 0.5) is 0 Å². The summed E-state index contributed by atoms with van der Waals surface area (Å²) in [6.45, 7) is 0. The van der Waals surface area contributed by atoms with E-state index in [1.165, 1.54) is 11.3 Å². The number of hydrogen-bond donors (Lipinski definition) is 1. The van der Waals surface area contributed by atoms with Crippen molar-refractivity contribution in [2.45, 2.75) is 35.1 Å². The molecule has 1 aliphatic rings. The van der Waals surface area contributed by atoms with Crippen molar-refractivity contribution in [1.29, 1.82) is 0 Å². The van der Waals surface area contributed by atoms with Gasteiger partial charge in [0.25, 0.3) is 0 Å². The van der Waals surface area contributed by atoms with Gasteiger partial charge in [-0.25, -0.2) is 8.42 Å². The zero-order chi connectivity index (χ0) is 17.6. The summed E-state index contributed by atoms with van der Waals surface area (Å²) in [5.74, 6) is 0. The van der Waals surface area contributed by atoms with Crippen molar-refractivity contribution in [2.24, 2.45) is 7.05 Å². The molecule has 1 N–H and O–H groups in total. The standard InChI is InChI=1S/C20H22N2O2S/c1-21-14-8-10-19-17(12-14)18-13-16(9-11-20(18)22(19)2)25(23,24)15-6-4-3-5-7-15/h3-7,9,11,13-14,21H,8,10,12H2,1-2H3/t14-/m0/s1. The van der Waals surface area contributed by atoms with Gasteiger partial charge in [0, 0.05) is 29.7 Å². The molecule has 0 bridgehead atoms. The molecule has 0 unspecified atom stereocenters. The molecule has 1 heterocycles. The fourth-order valence-electron chi connectivity index (χ4n) is 3.91. The normalized spacial score (nSPS) is 17.6. The molecule has 1 atom stereocenters. The summed E-state index contributed by atoms with van der Waals surface area (Å²) >= 11 is 0. The second-order valence-electron chi connectivity index (χ2n) is 6.71. The van der Waals surface area contributed by atoms with Crippen LogP contribution in [0.1, 0.15) is 17.7 Å². The highest BCUT2D eigenvalue weighted by atomic mass is 32.2. The number of aromatic nitrogens is 1. The van der Waals surface area contributed by atoms with Gasteiger partial charge in [-0.1, -0.05) is 18.2 Å². The van der Waals surface area contributed by atoms with Crippen molar-refractivity contribution in [2.75, 3.05) is 7.05 Å². The van der Waals surface area contributed by atoms with Gasteiger partial charge in [-0.2, -0.15) is 0 Å². The van der Waals surface area contributed by atoms with E-state index in [4.69, 9.17) is 0 Å². The molecule has 0 saturated heterocycles. The van der Waals surface area contributed by atoms with Gasteiger partial charge in [-0.3, -0.25) is 0 Å². The van der Waals surface area contributed by atoms with Gasteiger partial charge in [0.2, 0.25) is 9.84 Å². The molecule has 5 heteroatoms. The Balaban J connectivity index is 1.89. The first kappa shape index (κ1) is 16.4. The van der Waals surface area contributed by atoms with E-state index in [2.05, 4.69) is 16.9 Å². The number of benzene rings is 2. The van der Waals surface area contributed by atoms with Crippen LogP contribution < -0.4 is 5.32 Å². The third-order valence-electron chi connectivity index (χ3n) is 5.36. The highest BCUT2D eigenvalue weighted by molar-refractivity contribution is 7.91. The van der Waals surface area contributed by atoms with Crippen LogP contribution in [0.15, 0.2) is 58.3 Å². The van der Waals surface area contributed by atoms with Crippen molar-refractivity contribution in [1.82, 2.24) is 9.88 Å². The first-order chi connectivity index (χ1) is 12.0. The minimum atomic E-state index is -3.49. The van der Waals surface area contributed by atoms with Crippen molar-refractivity contribution in [3.8, 4) is 0 Å². The first-order valence-electron chi connectivity index (χ1n) is 8.60. The summed E-state index contributed by atoms with van der Waals surface area (Å²) in [5.41, 5.74) is 3.72. The van der Waals surface area contributed by atoms with Crippen LogP contribution >= 0.6 is 0 Å². The topological polar surface area (TPSA) is 51.1 Å². The van der Waals surface area contributed by atoms with Gasteiger partial charge in [-0.05, 0) is 62.2 Å². The molecular formula is C20H22N2O2S. The molecule has 3 aromatic rings. The number of likely N-dealkylation sites (N-methyl/N-ethyl adjacent to an activating group) is 1. The molecule has 1 aliphatic carbocycles. The fraction of sp³-hybridized carbons (Fsp3) is 0.300. The first-order valence-corrected chi connectivity index (χ1v) is 10.1. The number of nitrogens with zero attached hydrogens (tertiary/aromatic N) is 1. The van der Waals surface area contributed by atoms with Crippen molar-refractivity contribution in [3.05, 3.63) is 59.8 Å². The Morgan fingerprint density at radius 1 is 1.08 bits per heavy atom. The van der Waals surface area contributed by atoms with Crippen LogP contribution in [-0.4, -0.2) is 26.1 Å². The van der Waals surface area contributed by atoms with Crippen LogP contribution in [-0.2, 0) is 29.7 Å². The number of rotatable bonds is 3. The average Bonchev–Trinajstić information content (AvgIpc) is 2.94. The molecule has 0 fully saturated rings. The lowest BCUT2D eigenvalue weighted by atomic mass is 9.91. The Bertz CT molecular complexity index is 1040. The molecule has 4 nitrogen and oxygen atoms in total. The molecule has 130 valence electrons. The van der Waals surface area contributed by atoms with Crippen LogP contribution in [0.25, 0.3) is 10.9 Å². The summed E-state index contributed by atoms with van der Waals surface area (Å²) < 4.78 is 28.1. The van der Waals surface area contributed by atoms with Gasteiger partial charge in [0.1, 0.15) is 0 Å². The lowest BCUT2D eigenvalue weighted by Gasteiger charge is -2.22. The maximum Gasteiger partial charge on any atom is 0.206 e. The maximum atomic E-state index is 13.0. The Labute approximate surface area is 148 Å². The molecule has 4 rings (SSSR count).